The summed E-state index contributed by atoms with van der Waals surface area (Å²) in [4.78, 5) is 12.4. The van der Waals surface area contributed by atoms with Crippen molar-refractivity contribution in [3.05, 3.63) is 54.1 Å². The molecule has 1 amide bonds. The van der Waals surface area contributed by atoms with Crippen LogP contribution in [0.2, 0.25) is 0 Å². The molecule has 0 saturated heterocycles. The number of halogens is 3. The summed E-state index contributed by atoms with van der Waals surface area (Å²) in [5, 5.41) is 2.46. The molecule has 0 aliphatic carbocycles. The first-order valence-electron chi connectivity index (χ1n) is 7.63. The molecular weight excluding hydrogens is 335 g/mol. The fraction of sp³-hybridized carbons (Fsp3) is 0.278. The highest BCUT2D eigenvalue weighted by Gasteiger charge is 2.30. The van der Waals surface area contributed by atoms with Gasteiger partial charge in [0.25, 0.3) is 5.91 Å². The van der Waals surface area contributed by atoms with E-state index in [1.54, 1.807) is 31.2 Å². The maximum Gasteiger partial charge on any atom is 0.416 e. The van der Waals surface area contributed by atoms with Gasteiger partial charge < -0.3 is 14.8 Å². The summed E-state index contributed by atoms with van der Waals surface area (Å²) >= 11 is 0. The Morgan fingerprint density at radius 1 is 1.12 bits per heavy atom. The zero-order chi connectivity index (χ0) is 18.4. The fourth-order valence-corrected chi connectivity index (χ4v) is 2.19. The third-order valence-corrected chi connectivity index (χ3v) is 3.46. The van der Waals surface area contributed by atoms with Crippen LogP contribution in [0.3, 0.4) is 0 Å². The molecule has 0 aliphatic heterocycles. The number of nitrogens with one attached hydrogen (secondary N) is 1. The van der Waals surface area contributed by atoms with E-state index in [1.807, 2.05) is 0 Å². The van der Waals surface area contributed by atoms with E-state index in [9.17, 15) is 18.0 Å². The molecule has 0 fully saturated rings. The van der Waals surface area contributed by atoms with E-state index in [4.69, 9.17) is 9.47 Å². The maximum absolute atomic E-state index is 12.7. The molecule has 2 rings (SSSR count). The van der Waals surface area contributed by atoms with Gasteiger partial charge in [-0.3, -0.25) is 4.79 Å². The summed E-state index contributed by atoms with van der Waals surface area (Å²) in [6.45, 7) is 1.74. The van der Waals surface area contributed by atoms with Gasteiger partial charge in [-0.05, 0) is 36.8 Å². The van der Waals surface area contributed by atoms with Crippen molar-refractivity contribution in [3.63, 3.8) is 0 Å². The minimum atomic E-state index is -4.47. The Kier molecular flexibility index (Phi) is 5.90. The van der Waals surface area contributed by atoms with Crippen LogP contribution in [-0.2, 0) is 11.0 Å². The fourth-order valence-electron chi connectivity index (χ4n) is 2.19. The standard InChI is InChI=1S/C18H18F3NO3/c1-3-14(25-16-10-5-4-9-15(16)24-2)17(23)22-13-8-6-7-12(11-13)18(19,20)21/h4-11,14H,3H2,1-2H3,(H,22,23)/t14-/m1/s1. The molecule has 4 nitrogen and oxygen atoms in total. The van der Waals surface area contributed by atoms with E-state index in [0.29, 0.717) is 17.9 Å². The largest absolute Gasteiger partial charge is 0.493 e. The Labute approximate surface area is 143 Å². The molecule has 0 aromatic heterocycles. The average Bonchev–Trinajstić information content (AvgIpc) is 2.59. The van der Waals surface area contributed by atoms with Crippen molar-refractivity contribution in [2.24, 2.45) is 0 Å². The van der Waals surface area contributed by atoms with Crippen LogP contribution in [0.15, 0.2) is 48.5 Å². The van der Waals surface area contributed by atoms with Crippen molar-refractivity contribution in [2.75, 3.05) is 12.4 Å². The van der Waals surface area contributed by atoms with Crippen LogP contribution < -0.4 is 14.8 Å². The molecule has 0 spiro atoms. The number of carbonyl (C=O) groups excluding carboxylic acids is 1. The first kappa shape index (κ1) is 18.6. The normalized spacial score (nSPS) is 12.4. The summed E-state index contributed by atoms with van der Waals surface area (Å²) in [7, 11) is 1.48. The highest BCUT2D eigenvalue weighted by molar-refractivity contribution is 5.94. The van der Waals surface area contributed by atoms with Gasteiger partial charge in [-0.1, -0.05) is 25.1 Å². The second kappa shape index (κ2) is 7.92. The molecule has 1 atom stereocenters. The van der Waals surface area contributed by atoms with Crippen molar-refractivity contribution in [3.8, 4) is 11.5 Å². The summed E-state index contributed by atoms with van der Waals surface area (Å²) in [6, 6.07) is 11.3. The number of hydrogen-bond donors (Lipinski definition) is 1. The number of benzene rings is 2. The molecule has 0 saturated carbocycles. The van der Waals surface area contributed by atoms with Gasteiger partial charge in [0.05, 0.1) is 12.7 Å². The zero-order valence-electron chi connectivity index (χ0n) is 13.8. The van der Waals surface area contributed by atoms with E-state index in [0.717, 1.165) is 12.1 Å². The van der Waals surface area contributed by atoms with Crippen LogP contribution in [0.5, 0.6) is 11.5 Å². The van der Waals surface area contributed by atoms with Gasteiger partial charge >= 0.3 is 6.18 Å². The molecule has 0 bridgehead atoms. The van der Waals surface area contributed by atoms with Crippen molar-refractivity contribution in [1.82, 2.24) is 0 Å². The van der Waals surface area contributed by atoms with E-state index in [-0.39, 0.29) is 5.69 Å². The lowest BCUT2D eigenvalue weighted by Crippen LogP contribution is -2.32. The Bertz CT molecular complexity index is 732. The lowest BCUT2D eigenvalue weighted by Gasteiger charge is -2.19. The molecule has 0 aliphatic rings. The van der Waals surface area contributed by atoms with Crippen LogP contribution in [0, 0.1) is 0 Å². The van der Waals surface area contributed by atoms with Crippen molar-refractivity contribution >= 4 is 11.6 Å². The second-order valence-electron chi connectivity index (χ2n) is 5.23. The molecule has 1 N–H and O–H groups in total. The van der Waals surface area contributed by atoms with E-state index in [1.165, 1.54) is 19.2 Å². The van der Waals surface area contributed by atoms with Crippen molar-refractivity contribution < 1.29 is 27.4 Å². The van der Waals surface area contributed by atoms with Gasteiger partial charge in [0.15, 0.2) is 17.6 Å². The van der Waals surface area contributed by atoms with Crippen molar-refractivity contribution in [1.29, 1.82) is 0 Å². The zero-order valence-corrected chi connectivity index (χ0v) is 13.8. The van der Waals surface area contributed by atoms with Crippen molar-refractivity contribution in [2.45, 2.75) is 25.6 Å². The highest BCUT2D eigenvalue weighted by Crippen LogP contribution is 2.31. The Morgan fingerprint density at radius 2 is 1.80 bits per heavy atom. The number of rotatable bonds is 6. The predicted molar refractivity (Wildman–Crippen MR) is 87.8 cm³/mol. The summed E-state index contributed by atoms with van der Waals surface area (Å²) in [5.41, 5.74) is -0.772. The minimum absolute atomic E-state index is 0.0573. The van der Waals surface area contributed by atoms with E-state index < -0.39 is 23.8 Å². The number of alkyl halides is 3. The lowest BCUT2D eigenvalue weighted by atomic mass is 10.2. The summed E-state index contributed by atoms with van der Waals surface area (Å²) in [6.07, 6.45) is -5.01. The lowest BCUT2D eigenvalue weighted by molar-refractivity contribution is -0.137. The number of anilines is 1. The Balaban J connectivity index is 2.13. The molecule has 0 heterocycles. The Hall–Kier alpha value is -2.70. The van der Waals surface area contributed by atoms with Gasteiger partial charge in [-0.2, -0.15) is 13.2 Å². The number of amides is 1. The van der Waals surface area contributed by atoms with Crippen LogP contribution in [0.25, 0.3) is 0 Å². The number of hydrogen-bond acceptors (Lipinski definition) is 3. The van der Waals surface area contributed by atoms with Crippen LogP contribution in [0.4, 0.5) is 18.9 Å². The topological polar surface area (TPSA) is 47.6 Å². The second-order valence-corrected chi connectivity index (χ2v) is 5.23. The molecule has 134 valence electrons. The molecule has 2 aromatic carbocycles. The summed E-state index contributed by atoms with van der Waals surface area (Å²) < 4.78 is 49.1. The molecule has 0 radical (unpaired) electrons. The number of methoxy groups -OCH3 is 1. The average molecular weight is 353 g/mol. The van der Waals surface area contributed by atoms with Gasteiger partial charge in [-0.15, -0.1) is 0 Å². The summed E-state index contributed by atoms with van der Waals surface area (Å²) in [5.74, 6) is 0.316. The van der Waals surface area contributed by atoms with E-state index in [2.05, 4.69) is 5.32 Å². The van der Waals surface area contributed by atoms with Crippen LogP contribution >= 0.6 is 0 Å². The molecular formula is C18H18F3NO3. The minimum Gasteiger partial charge on any atom is -0.493 e. The number of carbonyl (C=O) groups is 1. The predicted octanol–water partition coefficient (Wildman–Crippen LogP) is 4.51. The molecule has 2 aromatic rings. The van der Waals surface area contributed by atoms with Gasteiger partial charge in [0.2, 0.25) is 0 Å². The smallest absolute Gasteiger partial charge is 0.416 e. The first-order valence-corrected chi connectivity index (χ1v) is 7.63. The molecule has 25 heavy (non-hydrogen) atoms. The first-order chi connectivity index (χ1) is 11.8. The SMILES string of the molecule is CC[C@@H](Oc1ccccc1OC)C(=O)Nc1cccc(C(F)(F)F)c1. The van der Waals surface area contributed by atoms with Crippen LogP contribution in [-0.4, -0.2) is 19.1 Å². The third kappa shape index (κ3) is 4.89. The quantitative estimate of drug-likeness (QED) is 0.831. The van der Waals surface area contributed by atoms with Gasteiger partial charge in [0, 0.05) is 5.69 Å². The molecule has 7 heteroatoms. The maximum atomic E-state index is 12.7. The van der Waals surface area contributed by atoms with Crippen LogP contribution in [0.1, 0.15) is 18.9 Å². The third-order valence-electron chi connectivity index (χ3n) is 3.46. The molecule has 0 unspecified atom stereocenters. The van der Waals surface area contributed by atoms with Gasteiger partial charge in [-0.25, -0.2) is 0 Å². The number of para-hydroxylation sites is 2. The van der Waals surface area contributed by atoms with Gasteiger partial charge in [0.1, 0.15) is 0 Å². The monoisotopic (exact) mass is 353 g/mol. The van der Waals surface area contributed by atoms with E-state index >= 15 is 0 Å². The highest BCUT2D eigenvalue weighted by atomic mass is 19.4. The Morgan fingerprint density at radius 3 is 2.40 bits per heavy atom. The number of ether oxygens (including phenoxy) is 2.